The summed E-state index contributed by atoms with van der Waals surface area (Å²) in [7, 11) is 0. The van der Waals surface area contributed by atoms with Crippen LogP contribution >= 0.6 is 0 Å². The fourth-order valence-corrected chi connectivity index (χ4v) is 2.28. The topological polar surface area (TPSA) is 64.3 Å². The zero-order chi connectivity index (χ0) is 13.0. The summed E-state index contributed by atoms with van der Waals surface area (Å²) in [5.74, 6) is 2.10. The molecule has 100 valence electrons. The van der Waals surface area contributed by atoms with Crippen LogP contribution in [0.3, 0.4) is 0 Å². The van der Waals surface area contributed by atoms with Crippen molar-refractivity contribution in [3.8, 4) is 5.88 Å². The minimum Gasteiger partial charge on any atom is -0.475 e. The third-order valence-electron chi connectivity index (χ3n) is 3.12. The molecule has 1 unspecified atom stereocenters. The monoisotopic (exact) mass is 250 g/mol. The van der Waals surface area contributed by atoms with Gasteiger partial charge in [0.25, 0.3) is 0 Å². The largest absolute Gasteiger partial charge is 0.475 e. The van der Waals surface area contributed by atoms with Crippen molar-refractivity contribution in [2.24, 2.45) is 11.7 Å². The molecule has 18 heavy (non-hydrogen) atoms. The maximum absolute atomic E-state index is 5.60. The maximum Gasteiger partial charge on any atom is 0.228 e. The van der Waals surface area contributed by atoms with Gasteiger partial charge in [-0.15, -0.1) is 0 Å². The van der Waals surface area contributed by atoms with E-state index in [4.69, 9.17) is 10.5 Å². The summed E-state index contributed by atoms with van der Waals surface area (Å²) in [5.41, 5.74) is 5.60. The number of anilines is 1. The van der Waals surface area contributed by atoms with Crippen molar-refractivity contribution in [1.29, 1.82) is 0 Å². The molecule has 1 aromatic rings. The van der Waals surface area contributed by atoms with Crippen LogP contribution in [0.15, 0.2) is 12.3 Å². The second kappa shape index (κ2) is 6.00. The summed E-state index contributed by atoms with van der Waals surface area (Å²) in [6.45, 7) is 6.76. The van der Waals surface area contributed by atoms with E-state index in [-0.39, 0.29) is 6.10 Å². The maximum atomic E-state index is 5.60. The van der Waals surface area contributed by atoms with Crippen molar-refractivity contribution in [3.05, 3.63) is 12.3 Å². The van der Waals surface area contributed by atoms with Gasteiger partial charge >= 0.3 is 0 Å². The molecule has 5 heteroatoms. The summed E-state index contributed by atoms with van der Waals surface area (Å²) in [6, 6.07) is 1.80. The molecule has 0 bridgehead atoms. The number of nitrogens with zero attached hydrogens (tertiary/aromatic N) is 3. The van der Waals surface area contributed by atoms with E-state index in [1.165, 1.54) is 6.42 Å². The first-order chi connectivity index (χ1) is 8.69. The van der Waals surface area contributed by atoms with Crippen molar-refractivity contribution in [1.82, 2.24) is 9.97 Å². The molecular formula is C13H22N4O. The van der Waals surface area contributed by atoms with Gasteiger partial charge in [-0.1, -0.05) is 0 Å². The number of rotatable bonds is 5. The highest BCUT2D eigenvalue weighted by Crippen LogP contribution is 2.23. The van der Waals surface area contributed by atoms with Gasteiger partial charge in [0.05, 0.1) is 6.10 Å². The minimum atomic E-state index is 0.135. The Morgan fingerprint density at radius 2 is 2.39 bits per heavy atom. The summed E-state index contributed by atoms with van der Waals surface area (Å²) < 4.78 is 5.59. The first-order valence-corrected chi connectivity index (χ1v) is 6.63. The Balaban J connectivity index is 2.01. The highest BCUT2D eigenvalue weighted by Gasteiger charge is 2.23. The molecule has 1 aliphatic heterocycles. The van der Waals surface area contributed by atoms with Gasteiger partial charge in [-0.3, -0.25) is 0 Å². The summed E-state index contributed by atoms with van der Waals surface area (Å²) in [6.07, 6.45) is 4.15. The van der Waals surface area contributed by atoms with E-state index in [0.717, 1.165) is 32.0 Å². The molecule has 1 atom stereocenters. The van der Waals surface area contributed by atoms with Gasteiger partial charge in [0.2, 0.25) is 11.8 Å². The van der Waals surface area contributed by atoms with Crippen LogP contribution in [-0.2, 0) is 0 Å². The van der Waals surface area contributed by atoms with Crippen LogP contribution in [-0.4, -0.2) is 35.7 Å². The number of nitrogens with two attached hydrogens (primary N) is 1. The molecule has 0 radical (unpaired) electrons. The molecule has 0 saturated carbocycles. The molecule has 0 amide bonds. The van der Waals surface area contributed by atoms with Crippen LogP contribution in [0.1, 0.15) is 26.7 Å². The Labute approximate surface area is 108 Å². The first kappa shape index (κ1) is 13.1. The van der Waals surface area contributed by atoms with E-state index in [9.17, 15) is 0 Å². The lowest BCUT2D eigenvalue weighted by Gasteiger charge is -2.17. The second-order valence-electron chi connectivity index (χ2n) is 5.04. The molecule has 5 nitrogen and oxygen atoms in total. The quantitative estimate of drug-likeness (QED) is 0.856. The van der Waals surface area contributed by atoms with Crippen molar-refractivity contribution < 1.29 is 4.74 Å². The molecule has 0 aromatic carbocycles. The molecule has 2 N–H and O–H groups in total. The summed E-state index contributed by atoms with van der Waals surface area (Å²) >= 11 is 0. The number of ether oxygens (including phenoxy) is 1. The van der Waals surface area contributed by atoms with Crippen LogP contribution in [0.5, 0.6) is 5.88 Å². The standard InChI is InChI=1S/C13H22N4O/c1-10(2)18-12-4-7-15-13(16-12)17-8-5-11(9-17)3-6-14/h4,7,10-11H,3,5-6,8-9,14H2,1-2H3. The fourth-order valence-electron chi connectivity index (χ4n) is 2.28. The fraction of sp³-hybridized carbons (Fsp3) is 0.692. The van der Waals surface area contributed by atoms with Crippen LogP contribution in [0, 0.1) is 5.92 Å². The minimum absolute atomic E-state index is 0.135. The molecule has 1 fully saturated rings. The van der Waals surface area contributed by atoms with Crippen LogP contribution < -0.4 is 15.4 Å². The van der Waals surface area contributed by atoms with Gasteiger partial charge in [-0.25, -0.2) is 4.98 Å². The number of hydrogen-bond donors (Lipinski definition) is 1. The normalized spacial score (nSPS) is 19.6. The molecule has 0 spiro atoms. The van der Waals surface area contributed by atoms with E-state index in [1.54, 1.807) is 12.3 Å². The average Bonchev–Trinajstić information content (AvgIpc) is 2.78. The van der Waals surface area contributed by atoms with Crippen LogP contribution in [0.25, 0.3) is 0 Å². The van der Waals surface area contributed by atoms with Crippen molar-refractivity contribution in [2.45, 2.75) is 32.8 Å². The predicted molar refractivity (Wildman–Crippen MR) is 71.8 cm³/mol. The Kier molecular flexibility index (Phi) is 4.36. The average molecular weight is 250 g/mol. The van der Waals surface area contributed by atoms with Gasteiger partial charge in [0, 0.05) is 25.4 Å². The van der Waals surface area contributed by atoms with Gasteiger partial charge in [0.15, 0.2) is 0 Å². The van der Waals surface area contributed by atoms with E-state index in [2.05, 4.69) is 14.9 Å². The smallest absolute Gasteiger partial charge is 0.228 e. The molecule has 2 rings (SSSR count). The Morgan fingerprint density at radius 1 is 1.56 bits per heavy atom. The summed E-state index contributed by atoms with van der Waals surface area (Å²) in [5, 5.41) is 0. The third kappa shape index (κ3) is 3.32. The zero-order valence-corrected chi connectivity index (χ0v) is 11.2. The van der Waals surface area contributed by atoms with E-state index in [1.807, 2.05) is 13.8 Å². The summed E-state index contributed by atoms with van der Waals surface area (Å²) in [4.78, 5) is 11.0. The van der Waals surface area contributed by atoms with E-state index < -0.39 is 0 Å². The van der Waals surface area contributed by atoms with Gasteiger partial charge in [0.1, 0.15) is 0 Å². The molecule has 1 saturated heterocycles. The Bertz CT molecular complexity index is 383. The van der Waals surface area contributed by atoms with Gasteiger partial charge < -0.3 is 15.4 Å². The first-order valence-electron chi connectivity index (χ1n) is 6.63. The van der Waals surface area contributed by atoms with Gasteiger partial charge in [-0.2, -0.15) is 4.98 Å². The van der Waals surface area contributed by atoms with E-state index in [0.29, 0.717) is 11.8 Å². The molecular weight excluding hydrogens is 228 g/mol. The molecule has 0 aliphatic carbocycles. The molecule has 2 heterocycles. The van der Waals surface area contributed by atoms with Crippen molar-refractivity contribution in [2.75, 3.05) is 24.5 Å². The lowest BCUT2D eigenvalue weighted by Crippen LogP contribution is -2.23. The number of aromatic nitrogens is 2. The predicted octanol–water partition coefficient (Wildman–Crippen LogP) is 1.44. The molecule has 1 aromatic heterocycles. The van der Waals surface area contributed by atoms with Crippen molar-refractivity contribution >= 4 is 5.95 Å². The zero-order valence-electron chi connectivity index (χ0n) is 11.2. The lowest BCUT2D eigenvalue weighted by atomic mass is 10.1. The van der Waals surface area contributed by atoms with Gasteiger partial charge in [-0.05, 0) is 39.2 Å². The SMILES string of the molecule is CC(C)Oc1ccnc(N2CCC(CCN)C2)n1. The van der Waals surface area contributed by atoms with E-state index >= 15 is 0 Å². The van der Waals surface area contributed by atoms with Crippen LogP contribution in [0.2, 0.25) is 0 Å². The highest BCUT2D eigenvalue weighted by molar-refractivity contribution is 5.33. The van der Waals surface area contributed by atoms with Crippen molar-refractivity contribution in [3.63, 3.8) is 0 Å². The Morgan fingerprint density at radius 3 is 3.11 bits per heavy atom. The third-order valence-corrected chi connectivity index (χ3v) is 3.12. The number of hydrogen-bond acceptors (Lipinski definition) is 5. The molecule has 1 aliphatic rings. The lowest BCUT2D eigenvalue weighted by molar-refractivity contribution is 0.232. The van der Waals surface area contributed by atoms with Crippen LogP contribution in [0.4, 0.5) is 5.95 Å². The Hall–Kier alpha value is -1.36. The second-order valence-corrected chi connectivity index (χ2v) is 5.04. The highest BCUT2D eigenvalue weighted by atomic mass is 16.5.